The van der Waals surface area contributed by atoms with Gasteiger partial charge in [0.25, 0.3) is 0 Å². The summed E-state index contributed by atoms with van der Waals surface area (Å²) in [6.07, 6.45) is -26.9. The molecule has 0 aromatic heterocycles. The van der Waals surface area contributed by atoms with Gasteiger partial charge in [-0.3, -0.25) is 38.4 Å². The molecule has 0 saturated carbocycles. The van der Waals surface area contributed by atoms with E-state index >= 15 is 24.0 Å². The lowest BCUT2D eigenvalue weighted by Gasteiger charge is -2.44. The first-order chi connectivity index (χ1) is 62.4. The van der Waals surface area contributed by atoms with E-state index in [4.69, 9.17) is 71.6 Å². The van der Waals surface area contributed by atoms with E-state index in [2.05, 4.69) is 42.5 Å². The fraction of sp³-hybridized carbons (Fsp3) is 0.414. The normalized spacial score (nSPS) is 29.0. The third kappa shape index (κ3) is 20.5. The molecule has 0 unspecified atom stereocenters. The predicted octanol–water partition coefficient (Wildman–Crippen LogP) is 0.629. The summed E-state index contributed by atoms with van der Waals surface area (Å²) in [5.41, 5.74) is 2.78. The fourth-order valence-corrected chi connectivity index (χ4v) is 16.8. The maximum atomic E-state index is 17.0. The molecular weight excluding hydrogens is 1770 g/mol. The lowest BCUT2D eigenvalue weighted by atomic mass is 9.89. The monoisotopic (exact) mass is 1860 g/mol. The number of hydrogen-bond acceptors (Lipinski definition) is 33. The maximum absolute atomic E-state index is 17.0. The zero-order valence-electron chi connectivity index (χ0n) is 69.6. The first kappa shape index (κ1) is 95.0. The van der Waals surface area contributed by atoms with Gasteiger partial charge in [-0.2, -0.15) is 0 Å². The number of carbonyl (C=O) groups excluding carboxylic acids is 8. The van der Waals surface area contributed by atoms with E-state index in [0.717, 1.165) is 105 Å². The van der Waals surface area contributed by atoms with E-state index in [1.807, 2.05) is 13.8 Å². The molecule has 42 nitrogen and oxygen atoms in total. The maximum Gasteiger partial charge on any atom is 0.330 e. The summed E-state index contributed by atoms with van der Waals surface area (Å²) in [5, 5.41) is 190. The van der Waals surface area contributed by atoms with Gasteiger partial charge >= 0.3 is 5.97 Å². The summed E-state index contributed by atoms with van der Waals surface area (Å²) in [6, 6.07) is 0.636. The highest BCUT2D eigenvalue weighted by Gasteiger charge is 2.52. The van der Waals surface area contributed by atoms with Crippen molar-refractivity contribution in [1.82, 2.24) is 42.5 Å². The van der Waals surface area contributed by atoms with E-state index < -0.39 is 316 Å². The average molecular weight is 1870 g/mol. The van der Waals surface area contributed by atoms with Crippen LogP contribution in [0.2, 0.25) is 10.0 Å². The van der Waals surface area contributed by atoms with Crippen LogP contribution < -0.4 is 72.0 Å². The number of aliphatic carboxylic acids is 1. The molecule has 17 bridgehead atoms. The highest BCUT2D eigenvalue weighted by molar-refractivity contribution is 6.32. The van der Waals surface area contributed by atoms with Crippen LogP contribution in [0.25, 0.3) is 11.1 Å². The number of carboxylic acids is 1. The van der Waals surface area contributed by atoms with Crippen molar-refractivity contribution in [2.45, 2.75) is 200 Å². The number of hydrogen-bond donors (Lipinski definition) is 24. The molecule has 8 amide bonds. The zero-order chi connectivity index (χ0) is 94.2. The number of benzene rings is 7. The van der Waals surface area contributed by atoms with Crippen LogP contribution in [0.15, 0.2) is 115 Å². The van der Waals surface area contributed by atoms with Crippen molar-refractivity contribution in [3.05, 3.63) is 164 Å². The Morgan fingerprint density at radius 2 is 1.06 bits per heavy atom. The van der Waals surface area contributed by atoms with Gasteiger partial charge in [-0.1, -0.05) is 80.6 Å². The van der Waals surface area contributed by atoms with E-state index in [1.54, 1.807) is 0 Å². The minimum absolute atomic E-state index is 0.0264. The van der Waals surface area contributed by atoms with Crippen LogP contribution in [0.5, 0.6) is 69.0 Å². The second-order valence-corrected chi connectivity index (χ2v) is 33.6. The summed E-state index contributed by atoms with van der Waals surface area (Å²) >= 11 is 14.7. The molecule has 16 rings (SSSR count). The summed E-state index contributed by atoms with van der Waals surface area (Å²) in [7, 11) is 0. The molecule has 0 aliphatic carbocycles. The SMILES string of the molecule is CC(=O)N[C@H]1[C@H](O[C@@H]2c3ccc(c(Cl)c3)Oc3cc4cc(c3O[C@@H]3O[C@H](CO)[C@@H](O)[C@H](O)[C@H]3NC(=O)CCCCCC(C)C)Oc3ccc(cc3Cl)C[C@H]3NC(=O)[C@H](N)c5ccc(O)c(c5)Oc5cc(O)cc(c5)[C@H](NC3=O)C(=O)N[C@H]4C(=O)N[C@H]3C(=O)N[C@@H]2C(=O)N[C@H](C(=O)O)c2cc(O)cc(O[C@H]4O[C@H](CO)[C@@H](O)[C@H](O)[C@@H]4O)c2-c2cc3ccc2O)O[C@H](CO)[C@@H](O)[C@@H]1O. The number of aliphatic hydroxyl groups excluding tert-OH is 10. The Morgan fingerprint density at radius 1 is 0.504 bits per heavy atom. The van der Waals surface area contributed by atoms with Crippen LogP contribution in [0.4, 0.5) is 0 Å². The van der Waals surface area contributed by atoms with Crippen LogP contribution in [0.3, 0.4) is 0 Å². The van der Waals surface area contributed by atoms with Crippen LogP contribution in [-0.2, 0) is 68.5 Å². The number of phenolic OH excluding ortho intramolecular Hbond substituents is 4. The van der Waals surface area contributed by atoms with Crippen molar-refractivity contribution < 1.29 is 162 Å². The second kappa shape index (κ2) is 40.0. The van der Waals surface area contributed by atoms with Gasteiger partial charge in [0, 0.05) is 48.6 Å². The molecule has 3 saturated heterocycles. The molecule has 0 radical (unpaired) electrons. The number of halogens is 2. The molecular formula is C87H95Cl2N9O33. The number of nitrogens with two attached hydrogens (primary N) is 1. The number of aliphatic hydroxyl groups is 10. The van der Waals surface area contributed by atoms with E-state index in [1.165, 1.54) is 30.3 Å². The molecule has 7 aromatic rings. The Labute approximate surface area is 753 Å². The Balaban J connectivity index is 1.04. The van der Waals surface area contributed by atoms with Gasteiger partial charge in [0.15, 0.2) is 35.3 Å². The molecule has 131 heavy (non-hydrogen) atoms. The largest absolute Gasteiger partial charge is 0.508 e. The number of rotatable bonds is 18. The average Bonchev–Trinajstić information content (AvgIpc) is 0.757. The lowest BCUT2D eigenvalue weighted by molar-refractivity contribution is -0.284. The van der Waals surface area contributed by atoms with Crippen molar-refractivity contribution in [1.29, 1.82) is 0 Å². The number of aromatic hydroxyl groups is 4. The Bertz CT molecular complexity index is 5540. The minimum atomic E-state index is -2.59. The lowest BCUT2D eigenvalue weighted by Crippen LogP contribution is -2.65. The van der Waals surface area contributed by atoms with Gasteiger partial charge in [-0.15, -0.1) is 0 Å². The smallest absolute Gasteiger partial charge is 0.330 e. The molecule has 25 N–H and O–H groups in total. The number of fused-ring (bicyclic) bond motifs is 14. The highest BCUT2D eigenvalue weighted by Crippen LogP contribution is 2.51. The highest BCUT2D eigenvalue weighted by atomic mass is 35.5. The zero-order valence-corrected chi connectivity index (χ0v) is 71.1. The van der Waals surface area contributed by atoms with Crippen LogP contribution in [-0.4, -0.2) is 254 Å². The summed E-state index contributed by atoms with van der Waals surface area (Å²) in [5.74, 6) is -19.2. The molecule has 3 fully saturated rings. The fourth-order valence-electron chi connectivity index (χ4n) is 16.3. The topological polar surface area (TPSA) is 662 Å². The van der Waals surface area contributed by atoms with Gasteiger partial charge in [-0.25, -0.2) is 4.79 Å². The van der Waals surface area contributed by atoms with Crippen molar-refractivity contribution >= 4 is 76.4 Å². The van der Waals surface area contributed by atoms with Gasteiger partial charge in [-0.05, 0) is 125 Å². The molecule has 9 aliphatic heterocycles. The van der Waals surface area contributed by atoms with Gasteiger partial charge in [0.05, 0.1) is 29.9 Å². The third-order valence-corrected chi connectivity index (χ3v) is 23.7. The van der Waals surface area contributed by atoms with Crippen LogP contribution in [0, 0.1) is 5.92 Å². The Hall–Kier alpha value is -12.0. The molecule has 23 atom stereocenters. The van der Waals surface area contributed by atoms with E-state index in [-0.39, 0.29) is 39.8 Å². The summed E-state index contributed by atoms with van der Waals surface area (Å²) in [6.45, 7) is 1.89. The van der Waals surface area contributed by atoms with E-state index in [0.29, 0.717) is 18.8 Å². The number of carboxylic acid groups (broad SMARTS) is 1. The quantitative estimate of drug-likeness (QED) is 0.0524. The van der Waals surface area contributed by atoms with Crippen molar-refractivity contribution in [2.75, 3.05) is 19.8 Å². The first-order valence-electron chi connectivity index (χ1n) is 41.5. The minimum Gasteiger partial charge on any atom is -0.508 e. The molecule has 44 heteroatoms. The summed E-state index contributed by atoms with van der Waals surface area (Å²) in [4.78, 5) is 138. The third-order valence-electron chi connectivity index (χ3n) is 23.1. The molecule has 0 spiro atoms. The predicted molar refractivity (Wildman–Crippen MR) is 448 cm³/mol. The number of ether oxygens (including phenoxy) is 9. The number of amides is 8. The van der Waals surface area contributed by atoms with Crippen molar-refractivity contribution in [2.24, 2.45) is 11.7 Å². The van der Waals surface area contributed by atoms with Gasteiger partial charge in [0.2, 0.25) is 65.6 Å². The molecule has 9 aliphatic rings. The van der Waals surface area contributed by atoms with Crippen molar-refractivity contribution in [3.63, 3.8) is 0 Å². The second-order valence-electron chi connectivity index (χ2n) is 32.8. The number of unbranched alkanes of at least 4 members (excludes halogenated alkanes) is 2. The van der Waals surface area contributed by atoms with Crippen LogP contribution in [0.1, 0.15) is 128 Å². The molecule has 7 aromatic carbocycles. The number of nitrogens with one attached hydrogen (secondary N) is 8. The molecule has 9 heterocycles. The summed E-state index contributed by atoms with van der Waals surface area (Å²) < 4.78 is 57.4. The molecule has 700 valence electrons. The Morgan fingerprint density at radius 3 is 1.69 bits per heavy atom. The standard InChI is InChI=1S/C87H95Cl2N9O33/c1-32(2)7-5-4-6-8-59(107)93-67-73(112)70(109)57(30-100)128-86(67)131-77-54-24-39-25-55(77)125-51-16-12-37(22-46(51)89)76(130-85-66(91-33(3)102)72(111)69(108)56(29-99)127-85)68-83(120)97-65(84(121)122)44-27-41(104)28-53(126-87-75(114)74(113)71(110)58(31-101)129-87)60(44)43-21-36(11-13-48(43)105)62(80(117)98-68)95-82(119)64(39)96-81(118)63-38-19-40(103)26-42(20-38)123-52-23-35(10-14-49(52)106)61(90)79(116)92-47(78(115)94-63)18-34-9-15-50(124-54)45(88)17-34/h9-17,19-28,32,47,56-58,61-76,85-87,99-101,103-106,108-114H,4-8,18,29-31,90H2,1-3H3,(H,91,102)(H,92,116)(H,93,107)(H,94,115)(H,95,119)(H,96,118)(H,97,120)(H,98,117)(H,121,122)/t47-,56-,57-,58-,61-,62-,63+,64-,65+,66-,67-,68+,69-,70-,71-,72-,73-,74+,75+,76-,85+,86+,87+/m1/s1. The Kier molecular flexibility index (Phi) is 29.0. The van der Waals surface area contributed by atoms with Crippen LogP contribution >= 0.6 is 23.2 Å². The van der Waals surface area contributed by atoms with Gasteiger partial charge < -0.3 is 167 Å². The first-order valence-corrected chi connectivity index (χ1v) is 42.2. The van der Waals surface area contributed by atoms with Crippen molar-refractivity contribution in [3.8, 4) is 80.1 Å². The number of carbonyl (C=O) groups is 9. The van der Waals surface area contributed by atoms with E-state index in [9.17, 15) is 95.8 Å². The van der Waals surface area contributed by atoms with Gasteiger partial charge in [0.1, 0.15) is 156 Å². The number of phenols is 4.